The zero-order valence-electron chi connectivity index (χ0n) is 14.6. The largest absolute Gasteiger partial charge is 0.573 e. The van der Waals surface area contributed by atoms with Gasteiger partial charge in [0, 0.05) is 18.3 Å². The van der Waals surface area contributed by atoms with Crippen LogP contribution in [0.4, 0.5) is 18.9 Å². The molecule has 10 heteroatoms. The lowest BCUT2D eigenvalue weighted by Crippen LogP contribution is -2.17. The molecule has 0 unspecified atom stereocenters. The van der Waals surface area contributed by atoms with Crippen LogP contribution >= 0.6 is 11.8 Å². The number of carbonyl (C=O) groups is 1. The Balaban J connectivity index is 1.56. The molecule has 6 nitrogen and oxygen atoms in total. The Hall–Kier alpha value is -3.01. The van der Waals surface area contributed by atoms with Crippen molar-refractivity contribution >= 4 is 23.4 Å². The molecule has 1 N–H and O–H groups in total. The quantitative estimate of drug-likeness (QED) is 0.622. The molecule has 0 saturated heterocycles. The molecule has 146 valence electrons. The van der Waals surface area contributed by atoms with Crippen LogP contribution in [0.5, 0.6) is 5.75 Å². The minimum Gasteiger partial charge on any atom is -0.406 e. The van der Waals surface area contributed by atoms with Crippen molar-refractivity contribution in [3.05, 3.63) is 54.6 Å². The molecule has 0 radical (unpaired) electrons. The van der Waals surface area contributed by atoms with E-state index in [4.69, 9.17) is 0 Å². The number of rotatable bonds is 6. The second-order valence-electron chi connectivity index (χ2n) is 5.64. The van der Waals surface area contributed by atoms with Gasteiger partial charge in [0.1, 0.15) is 5.75 Å². The summed E-state index contributed by atoms with van der Waals surface area (Å²) < 4.78 is 42.0. The molecule has 1 aromatic heterocycles. The third-order valence-corrected chi connectivity index (χ3v) is 4.59. The highest BCUT2D eigenvalue weighted by Gasteiger charge is 2.30. The number of hydrogen-bond acceptors (Lipinski definition) is 5. The second kappa shape index (κ2) is 8.34. The molecule has 3 rings (SSSR count). The molecule has 0 spiro atoms. The van der Waals surface area contributed by atoms with Crippen LogP contribution in [0.3, 0.4) is 0 Å². The van der Waals surface area contributed by atoms with Crippen molar-refractivity contribution in [2.45, 2.75) is 11.5 Å². The SMILES string of the molecule is Cn1c(SCC(=O)Nc2ccc(OC(F)(F)F)cc2)nnc1-c1ccccc1. The molecule has 0 aliphatic rings. The van der Waals surface area contributed by atoms with Crippen LogP contribution in [0, 0.1) is 0 Å². The highest BCUT2D eigenvalue weighted by Crippen LogP contribution is 2.25. The van der Waals surface area contributed by atoms with Crippen molar-refractivity contribution in [1.29, 1.82) is 0 Å². The molecule has 0 aliphatic carbocycles. The highest BCUT2D eigenvalue weighted by atomic mass is 32.2. The van der Waals surface area contributed by atoms with E-state index < -0.39 is 6.36 Å². The van der Waals surface area contributed by atoms with Crippen LogP contribution in [0.25, 0.3) is 11.4 Å². The van der Waals surface area contributed by atoms with Crippen LogP contribution in [-0.2, 0) is 11.8 Å². The average Bonchev–Trinajstić information content (AvgIpc) is 3.02. The fourth-order valence-corrected chi connectivity index (χ4v) is 3.06. The summed E-state index contributed by atoms with van der Waals surface area (Å²) >= 11 is 1.20. The van der Waals surface area contributed by atoms with Gasteiger partial charge in [-0.05, 0) is 24.3 Å². The van der Waals surface area contributed by atoms with Crippen molar-refractivity contribution in [3.8, 4) is 17.1 Å². The standard InChI is InChI=1S/C18H15F3N4O2S/c1-25-16(12-5-3-2-4-6-12)23-24-17(25)28-11-15(26)22-13-7-9-14(10-8-13)27-18(19,20)21/h2-10H,11H2,1H3,(H,22,26). The Kier molecular flexibility index (Phi) is 5.88. The van der Waals surface area contributed by atoms with Gasteiger partial charge in [-0.15, -0.1) is 23.4 Å². The zero-order chi connectivity index (χ0) is 20.1. The van der Waals surface area contributed by atoms with Crippen molar-refractivity contribution in [3.63, 3.8) is 0 Å². The number of amides is 1. The van der Waals surface area contributed by atoms with Crippen molar-refractivity contribution in [2.24, 2.45) is 7.05 Å². The predicted molar refractivity (Wildman–Crippen MR) is 98.9 cm³/mol. The van der Waals surface area contributed by atoms with E-state index >= 15 is 0 Å². The molecule has 28 heavy (non-hydrogen) atoms. The van der Waals surface area contributed by atoms with Crippen LogP contribution in [-0.4, -0.2) is 32.8 Å². The maximum atomic E-state index is 12.1. The number of anilines is 1. The van der Waals surface area contributed by atoms with Gasteiger partial charge in [-0.1, -0.05) is 42.1 Å². The number of hydrogen-bond donors (Lipinski definition) is 1. The lowest BCUT2D eigenvalue weighted by atomic mass is 10.2. The first kappa shape index (κ1) is 19.7. The van der Waals surface area contributed by atoms with E-state index in [2.05, 4.69) is 20.3 Å². The third kappa shape index (κ3) is 5.26. The number of aromatic nitrogens is 3. The monoisotopic (exact) mass is 408 g/mol. The molecular weight excluding hydrogens is 393 g/mol. The van der Waals surface area contributed by atoms with Gasteiger partial charge in [0.25, 0.3) is 0 Å². The van der Waals surface area contributed by atoms with Gasteiger partial charge < -0.3 is 14.6 Å². The average molecular weight is 408 g/mol. The summed E-state index contributed by atoms with van der Waals surface area (Å²) in [4.78, 5) is 12.1. The molecule has 0 fully saturated rings. The first-order chi connectivity index (χ1) is 13.3. The molecule has 0 bridgehead atoms. The number of thioether (sulfide) groups is 1. The van der Waals surface area contributed by atoms with Crippen LogP contribution in [0.15, 0.2) is 59.8 Å². The van der Waals surface area contributed by atoms with E-state index in [0.717, 1.165) is 17.7 Å². The highest BCUT2D eigenvalue weighted by molar-refractivity contribution is 7.99. The number of ether oxygens (including phenoxy) is 1. The Morgan fingerprint density at radius 1 is 1.11 bits per heavy atom. The van der Waals surface area contributed by atoms with Gasteiger partial charge in [-0.3, -0.25) is 4.79 Å². The first-order valence-corrected chi connectivity index (χ1v) is 9.03. The molecule has 3 aromatic rings. The summed E-state index contributed by atoms with van der Waals surface area (Å²) in [6, 6.07) is 14.5. The molecular formula is C18H15F3N4O2S. The van der Waals surface area contributed by atoms with Gasteiger partial charge >= 0.3 is 6.36 Å². The number of halogens is 3. The zero-order valence-corrected chi connectivity index (χ0v) is 15.4. The van der Waals surface area contributed by atoms with E-state index in [0.29, 0.717) is 16.7 Å². The normalized spacial score (nSPS) is 11.3. The number of nitrogens with one attached hydrogen (secondary N) is 1. The summed E-state index contributed by atoms with van der Waals surface area (Å²) in [6.07, 6.45) is -4.75. The number of nitrogens with zero attached hydrogens (tertiary/aromatic N) is 3. The number of alkyl halides is 3. The molecule has 0 aliphatic heterocycles. The predicted octanol–water partition coefficient (Wildman–Crippen LogP) is 4.11. The van der Waals surface area contributed by atoms with Crippen molar-refractivity contribution < 1.29 is 22.7 Å². The van der Waals surface area contributed by atoms with Crippen LogP contribution in [0.1, 0.15) is 0 Å². The lowest BCUT2D eigenvalue weighted by molar-refractivity contribution is -0.274. The van der Waals surface area contributed by atoms with Gasteiger partial charge in [-0.25, -0.2) is 0 Å². The molecule has 0 atom stereocenters. The van der Waals surface area contributed by atoms with Crippen LogP contribution in [0.2, 0.25) is 0 Å². The summed E-state index contributed by atoms with van der Waals surface area (Å²) in [5.41, 5.74) is 1.28. The minimum atomic E-state index is -4.75. The summed E-state index contributed by atoms with van der Waals surface area (Å²) in [7, 11) is 1.81. The Morgan fingerprint density at radius 3 is 2.43 bits per heavy atom. The Bertz CT molecular complexity index is 944. The van der Waals surface area contributed by atoms with Crippen molar-refractivity contribution in [1.82, 2.24) is 14.8 Å². The van der Waals surface area contributed by atoms with Crippen molar-refractivity contribution in [2.75, 3.05) is 11.1 Å². The fourth-order valence-electron chi connectivity index (χ4n) is 2.35. The Morgan fingerprint density at radius 2 is 1.79 bits per heavy atom. The number of benzene rings is 2. The molecule has 2 aromatic carbocycles. The first-order valence-electron chi connectivity index (χ1n) is 8.05. The van der Waals surface area contributed by atoms with E-state index in [1.54, 1.807) is 4.57 Å². The smallest absolute Gasteiger partial charge is 0.406 e. The maximum absolute atomic E-state index is 12.1. The molecule has 1 heterocycles. The molecule has 0 saturated carbocycles. The lowest BCUT2D eigenvalue weighted by Gasteiger charge is -2.10. The second-order valence-corrected chi connectivity index (χ2v) is 6.58. The number of carbonyl (C=O) groups excluding carboxylic acids is 1. The Labute approximate surface area is 162 Å². The van der Waals surface area contributed by atoms with E-state index in [1.165, 1.54) is 23.9 Å². The third-order valence-electron chi connectivity index (χ3n) is 3.57. The van der Waals surface area contributed by atoms with Crippen LogP contribution < -0.4 is 10.1 Å². The van der Waals surface area contributed by atoms with E-state index in [-0.39, 0.29) is 17.4 Å². The van der Waals surface area contributed by atoms with Gasteiger partial charge in [0.2, 0.25) is 5.91 Å². The summed E-state index contributed by atoms with van der Waals surface area (Å²) in [6.45, 7) is 0. The maximum Gasteiger partial charge on any atom is 0.573 e. The van der Waals surface area contributed by atoms with E-state index in [1.807, 2.05) is 37.4 Å². The van der Waals surface area contributed by atoms with Gasteiger partial charge in [-0.2, -0.15) is 0 Å². The molecule has 1 amide bonds. The van der Waals surface area contributed by atoms with Gasteiger partial charge in [0.15, 0.2) is 11.0 Å². The minimum absolute atomic E-state index is 0.0710. The topological polar surface area (TPSA) is 69.0 Å². The summed E-state index contributed by atoms with van der Waals surface area (Å²) in [5, 5.41) is 11.4. The van der Waals surface area contributed by atoms with E-state index in [9.17, 15) is 18.0 Å². The summed E-state index contributed by atoms with van der Waals surface area (Å²) in [5.74, 6) is 0.0802. The van der Waals surface area contributed by atoms with Gasteiger partial charge in [0.05, 0.1) is 5.75 Å². The fraction of sp³-hybridized carbons (Fsp3) is 0.167.